The first-order chi connectivity index (χ1) is 10.0. The Morgan fingerprint density at radius 1 is 1.38 bits per heavy atom. The smallest absolute Gasteiger partial charge is 0.387 e. The van der Waals surface area contributed by atoms with Crippen LogP contribution in [-0.2, 0) is 0 Å². The second-order valence-electron chi connectivity index (χ2n) is 5.77. The quantitative estimate of drug-likeness (QED) is 0.808. The summed E-state index contributed by atoms with van der Waals surface area (Å²) >= 11 is 0. The first-order valence-electron chi connectivity index (χ1n) is 7.59. The van der Waals surface area contributed by atoms with E-state index in [0.717, 1.165) is 18.5 Å². The van der Waals surface area contributed by atoms with Crippen LogP contribution < -0.4 is 15.4 Å². The van der Waals surface area contributed by atoms with Crippen LogP contribution in [-0.4, -0.2) is 25.2 Å². The van der Waals surface area contributed by atoms with E-state index in [1.807, 2.05) is 13.0 Å². The minimum Gasteiger partial charge on any atom is -0.435 e. The number of rotatable bonds is 7. The van der Waals surface area contributed by atoms with E-state index >= 15 is 0 Å². The molecule has 1 saturated heterocycles. The third kappa shape index (κ3) is 5.25. The molecule has 2 N–H and O–H groups in total. The van der Waals surface area contributed by atoms with Gasteiger partial charge in [-0.15, -0.1) is 0 Å². The average molecular weight is 298 g/mol. The second kappa shape index (κ2) is 7.71. The van der Waals surface area contributed by atoms with E-state index in [1.54, 1.807) is 18.2 Å². The summed E-state index contributed by atoms with van der Waals surface area (Å²) in [4.78, 5) is 0. The molecule has 1 fully saturated rings. The van der Waals surface area contributed by atoms with E-state index in [9.17, 15) is 8.78 Å². The van der Waals surface area contributed by atoms with Crippen LogP contribution in [0.3, 0.4) is 0 Å². The molecule has 3 atom stereocenters. The third-order valence-corrected chi connectivity index (χ3v) is 3.92. The van der Waals surface area contributed by atoms with Gasteiger partial charge in [-0.25, -0.2) is 0 Å². The van der Waals surface area contributed by atoms with Crippen molar-refractivity contribution in [1.29, 1.82) is 0 Å². The van der Waals surface area contributed by atoms with Crippen LogP contribution >= 0.6 is 0 Å². The average Bonchev–Trinajstić information content (AvgIpc) is 2.90. The minimum absolute atomic E-state index is 0.0997. The highest BCUT2D eigenvalue weighted by Crippen LogP contribution is 2.21. The van der Waals surface area contributed by atoms with Gasteiger partial charge in [-0.05, 0) is 57.4 Å². The standard InChI is InChI=1S/C16H24F2N2O/c1-11(9-14-6-4-8-19-14)20-12(2)13-5-3-7-15(10-13)21-16(17)18/h3,5,7,10-12,14,16,19-20H,4,6,8-9H2,1-2H3. The first-order valence-corrected chi connectivity index (χ1v) is 7.59. The van der Waals surface area contributed by atoms with Gasteiger partial charge in [0, 0.05) is 18.1 Å². The third-order valence-electron chi connectivity index (χ3n) is 3.92. The molecule has 21 heavy (non-hydrogen) atoms. The van der Waals surface area contributed by atoms with Crippen molar-refractivity contribution >= 4 is 0 Å². The Kier molecular flexibility index (Phi) is 5.94. The predicted octanol–water partition coefficient (Wildman–Crippen LogP) is 3.47. The lowest BCUT2D eigenvalue weighted by Crippen LogP contribution is -2.35. The minimum atomic E-state index is -2.78. The van der Waals surface area contributed by atoms with Crippen molar-refractivity contribution in [2.24, 2.45) is 0 Å². The number of ether oxygens (including phenoxy) is 1. The molecule has 118 valence electrons. The van der Waals surface area contributed by atoms with E-state index in [0.29, 0.717) is 12.1 Å². The molecule has 1 aliphatic heterocycles. The fraction of sp³-hybridized carbons (Fsp3) is 0.625. The molecule has 0 spiro atoms. The zero-order valence-electron chi connectivity index (χ0n) is 12.6. The summed E-state index contributed by atoms with van der Waals surface area (Å²) in [6.07, 6.45) is 3.57. The fourth-order valence-corrected chi connectivity index (χ4v) is 2.94. The monoisotopic (exact) mass is 298 g/mol. The van der Waals surface area contributed by atoms with Crippen molar-refractivity contribution in [3.63, 3.8) is 0 Å². The molecule has 1 aromatic rings. The molecule has 0 saturated carbocycles. The van der Waals surface area contributed by atoms with Crippen LogP contribution in [0.1, 0.15) is 44.7 Å². The highest BCUT2D eigenvalue weighted by Gasteiger charge is 2.18. The highest BCUT2D eigenvalue weighted by molar-refractivity contribution is 5.30. The molecule has 3 unspecified atom stereocenters. The van der Waals surface area contributed by atoms with Crippen LogP contribution in [0, 0.1) is 0 Å². The summed E-state index contributed by atoms with van der Waals surface area (Å²) in [5, 5.41) is 7.01. The van der Waals surface area contributed by atoms with Gasteiger partial charge in [-0.2, -0.15) is 8.78 Å². The van der Waals surface area contributed by atoms with Gasteiger partial charge < -0.3 is 15.4 Å². The van der Waals surface area contributed by atoms with E-state index in [2.05, 4.69) is 22.3 Å². The molecule has 0 aliphatic carbocycles. The molecule has 0 bridgehead atoms. The number of hydrogen-bond donors (Lipinski definition) is 2. The molecular weight excluding hydrogens is 274 g/mol. The van der Waals surface area contributed by atoms with Gasteiger partial charge in [0.25, 0.3) is 0 Å². The largest absolute Gasteiger partial charge is 0.435 e. The fourth-order valence-electron chi connectivity index (χ4n) is 2.94. The van der Waals surface area contributed by atoms with Crippen molar-refractivity contribution in [2.45, 2.75) is 57.8 Å². The zero-order chi connectivity index (χ0) is 15.2. The Morgan fingerprint density at radius 2 is 2.19 bits per heavy atom. The van der Waals surface area contributed by atoms with Gasteiger partial charge >= 0.3 is 6.61 Å². The molecule has 3 nitrogen and oxygen atoms in total. The summed E-state index contributed by atoms with van der Waals surface area (Å²) in [5.74, 6) is 0.210. The molecule has 1 aromatic carbocycles. The number of nitrogens with one attached hydrogen (secondary N) is 2. The molecular formula is C16H24F2N2O. The molecule has 2 rings (SSSR count). The number of hydrogen-bond acceptors (Lipinski definition) is 3. The van der Waals surface area contributed by atoms with Gasteiger partial charge in [0.05, 0.1) is 0 Å². The normalized spacial score (nSPS) is 21.5. The van der Waals surface area contributed by atoms with Crippen LogP contribution in [0.4, 0.5) is 8.78 Å². The van der Waals surface area contributed by atoms with Crippen LogP contribution in [0.25, 0.3) is 0 Å². The van der Waals surface area contributed by atoms with Crippen LogP contribution in [0.15, 0.2) is 24.3 Å². The number of benzene rings is 1. The molecule has 0 radical (unpaired) electrons. The SMILES string of the molecule is CC(CC1CCCN1)NC(C)c1cccc(OC(F)F)c1. The Labute approximate surface area is 125 Å². The Hall–Kier alpha value is -1.20. The lowest BCUT2D eigenvalue weighted by Gasteiger charge is -2.23. The van der Waals surface area contributed by atoms with Crippen molar-refractivity contribution in [3.05, 3.63) is 29.8 Å². The summed E-state index contributed by atoms with van der Waals surface area (Å²) in [6, 6.07) is 7.95. The molecule has 0 aromatic heterocycles. The van der Waals surface area contributed by atoms with E-state index in [4.69, 9.17) is 0 Å². The Bertz CT molecular complexity index is 436. The summed E-state index contributed by atoms with van der Waals surface area (Å²) in [7, 11) is 0. The Balaban J connectivity index is 1.88. The number of alkyl halides is 2. The van der Waals surface area contributed by atoms with E-state index in [1.165, 1.54) is 12.8 Å². The van der Waals surface area contributed by atoms with Crippen molar-refractivity contribution < 1.29 is 13.5 Å². The van der Waals surface area contributed by atoms with Gasteiger partial charge in [-0.3, -0.25) is 0 Å². The predicted molar refractivity (Wildman–Crippen MR) is 79.7 cm³/mol. The molecule has 1 heterocycles. The summed E-state index contributed by atoms with van der Waals surface area (Å²) in [5.41, 5.74) is 0.958. The molecule has 1 aliphatic rings. The maximum absolute atomic E-state index is 12.2. The van der Waals surface area contributed by atoms with Crippen molar-refractivity contribution in [1.82, 2.24) is 10.6 Å². The van der Waals surface area contributed by atoms with Gasteiger partial charge in [0.2, 0.25) is 0 Å². The summed E-state index contributed by atoms with van der Waals surface area (Å²) in [6.45, 7) is 2.53. The maximum atomic E-state index is 12.2. The lowest BCUT2D eigenvalue weighted by atomic mass is 10.0. The number of halogens is 2. The highest BCUT2D eigenvalue weighted by atomic mass is 19.3. The topological polar surface area (TPSA) is 33.3 Å². The molecule has 5 heteroatoms. The lowest BCUT2D eigenvalue weighted by molar-refractivity contribution is -0.0499. The maximum Gasteiger partial charge on any atom is 0.387 e. The van der Waals surface area contributed by atoms with Gasteiger partial charge in [0.1, 0.15) is 5.75 Å². The van der Waals surface area contributed by atoms with Crippen molar-refractivity contribution in [2.75, 3.05) is 6.54 Å². The summed E-state index contributed by atoms with van der Waals surface area (Å²) < 4.78 is 28.9. The van der Waals surface area contributed by atoms with Crippen LogP contribution in [0.2, 0.25) is 0 Å². The molecule has 0 amide bonds. The Morgan fingerprint density at radius 3 is 2.86 bits per heavy atom. The second-order valence-corrected chi connectivity index (χ2v) is 5.77. The van der Waals surface area contributed by atoms with E-state index in [-0.39, 0.29) is 11.8 Å². The van der Waals surface area contributed by atoms with E-state index < -0.39 is 6.61 Å². The zero-order valence-corrected chi connectivity index (χ0v) is 12.6. The van der Waals surface area contributed by atoms with Gasteiger partial charge in [0.15, 0.2) is 0 Å². The van der Waals surface area contributed by atoms with Crippen molar-refractivity contribution in [3.8, 4) is 5.75 Å². The van der Waals surface area contributed by atoms with Crippen LogP contribution in [0.5, 0.6) is 5.75 Å². The first kappa shape index (κ1) is 16.2. The van der Waals surface area contributed by atoms with Gasteiger partial charge in [-0.1, -0.05) is 12.1 Å².